The number of ether oxygens (including phenoxy) is 2. The second-order valence-electron chi connectivity index (χ2n) is 9.19. The summed E-state index contributed by atoms with van der Waals surface area (Å²) in [5.74, 6) is 0.959. The summed E-state index contributed by atoms with van der Waals surface area (Å²) in [5, 5.41) is 3.46. The van der Waals surface area contributed by atoms with Crippen LogP contribution in [0.1, 0.15) is 25.0 Å². The first kappa shape index (κ1) is 22.9. The number of carbonyl (C=O) groups excluding carboxylic acids is 1. The molecule has 2 fully saturated rings. The topological polar surface area (TPSA) is 106 Å². The number of carbonyl (C=O) groups is 1. The molecule has 3 aliphatic heterocycles. The Kier molecular flexibility index (Phi) is 6.06. The van der Waals surface area contributed by atoms with Crippen LogP contribution >= 0.6 is 11.6 Å². The molecule has 3 aromatic heterocycles. The predicted octanol–water partition coefficient (Wildman–Crippen LogP) is 4.08. The molecule has 0 spiro atoms. The van der Waals surface area contributed by atoms with Gasteiger partial charge < -0.3 is 14.4 Å². The maximum atomic E-state index is 13.6. The van der Waals surface area contributed by atoms with Crippen molar-refractivity contribution in [3.8, 4) is 17.3 Å². The second kappa shape index (κ2) is 9.51. The molecule has 1 N–H and O–H groups in total. The average molecular weight is 508 g/mol. The Bertz CT molecular complexity index is 1300. The van der Waals surface area contributed by atoms with Gasteiger partial charge in [-0.2, -0.15) is 4.98 Å². The molecule has 1 atom stereocenters. The number of nitrogens with one attached hydrogen (secondary N) is 1. The van der Waals surface area contributed by atoms with Gasteiger partial charge in [0.25, 0.3) is 0 Å². The number of hydrogen-bond donors (Lipinski definition) is 1. The van der Waals surface area contributed by atoms with Gasteiger partial charge >= 0.3 is 12.0 Å². The molecule has 0 aromatic carbocycles. The van der Waals surface area contributed by atoms with Crippen LogP contribution in [0.3, 0.4) is 0 Å². The number of pyridine rings is 2. The fourth-order valence-electron chi connectivity index (χ4n) is 4.96. The first-order chi connectivity index (χ1) is 17.5. The van der Waals surface area contributed by atoms with Crippen molar-refractivity contribution in [3.63, 3.8) is 0 Å². The largest absolute Gasteiger partial charge is 0.460 e. The van der Waals surface area contributed by atoms with Gasteiger partial charge in [-0.05, 0) is 37.6 Å². The maximum Gasteiger partial charge on any atom is 0.329 e. The lowest BCUT2D eigenvalue weighted by Gasteiger charge is -2.36. The van der Waals surface area contributed by atoms with Crippen molar-refractivity contribution in [1.82, 2.24) is 19.9 Å². The molecule has 0 saturated carbocycles. The van der Waals surface area contributed by atoms with Gasteiger partial charge in [0, 0.05) is 49.6 Å². The first-order valence-electron chi connectivity index (χ1n) is 12.1. The quantitative estimate of drug-likeness (QED) is 0.563. The molecule has 0 unspecified atom stereocenters. The molecule has 2 saturated heterocycles. The van der Waals surface area contributed by atoms with E-state index in [1.54, 1.807) is 23.4 Å². The molecule has 11 heteroatoms. The molecule has 0 aliphatic carbocycles. The van der Waals surface area contributed by atoms with Gasteiger partial charge in [0.15, 0.2) is 5.82 Å². The van der Waals surface area contributed by atoms with Crippen LogP contribution in [0.5, 0.6) is 6.01 Å². The van der Waals surface area contributed by atoms with Gasteiger partial charge in [0.05, 0.1) is 35.7 Å². The zero-order chi connectivity index (χ0) is 24.6. The van der Waals surface area contributed by atoms with Crippen molar-refractivity contribution in [2.24, 2.45) is 0 Å². The maximum absolute atomic E-state index is 13.6. The minimum Gasteiger partial charge on any atom is -0.460 e. The highest BCUT2D eigenvalue weighted by atomic mass is 35.5. The minimum absolute atomic E-state index is 0.00185. The third-order valence-corrected chi connectivity index (χ3v) is 7.02. The molecule has 3 aliphatic rings. The molecule has 10 nitrogen and oxygen atoms in total. The van der Waals surface area contributed by atoms with E-state index in [-0.39, 0.29) is 24.2 Å². The van der Waals surface area contributed by atoms with Crippen LogP contribution in [0, 0.1) is 6.92 Å². The number of aromatic nitrogens is 4. The number of amides is 2. The van der Waals surface area contributed by atoms with E-state index < -0.39 is 0 Å². The Morgan fingerprint density at radius 2 is 1.97 bits per heavy atom. The Hall–Kier alpha value is -3.50. The van der Waals surface area contributed by atoms with Crippen LogP contribution in [-0.2, 0) is 4.74 Å². The lowest BCUT2D eigenvalue weighted by Crippen LogP contribution is -2.48. The van der Waals surface area contributed by atoms with Crippen LogP contribution in [-0.4, -0.2) is 64.4 Å². The zero-order valence-corrected chi connectivity index (χ0v) is 20.6. The summed E-state index contributed by atoms with van der Waals surface area (Å²) in [6.07, 6.45) is 5.74. The molecule has 36 heavy (non-hydrogen) atoms. The van der Waals surface area contributed by atoms with Gasteiger partial charge in [-0.25, -0.2) is 14.8 Å². The molecule has 3 aromatic rings. The number of rotatable bonds is 4. The molecule has 186 valence electrons. The molecule has 0 radical (unpaired) electrons. The summed E-state index contributed by atoms with van der Waals surface area (Å²) in [5.41, 5.74) is 3.19. The number of nitrogens with zero attached hydrogens (tertiary/aromatic N) is 6. The Balaban J connectivity index is 1.29. The van der Waals surface area contributed by atoms with Gasteiger partial charge in [-0.3, -0.25) is 15.2 Å². The van der Waals surface area contributed by atoms with Crippen LogP contribution in [0.4, 0.5) is 22.1 Å². The van der Waals surface area contributed by atoms with E-state index in [9.17, 15) is 4.79 Å². The Morgan fingerprint density at radius 1 is 1.14 bits per heavy atom. The van der Waals surface area contributed by atoms with E-state index in [0.717, 1.165) is 49.3 Å². The number of anilines is 3. The van der Waals surface area contributed by atoms with E-state index in [4.69, 9.17) is 26.1 Å². The molecular weight excluding hydrogens is 482 g/mol. The number of halogens is 1. The SMILES string of the molecule is Cc1cc(-c2nc3c(cc2Cl)N2CC[C@@H](C2)N3C(=O)Nc2ccnc(OC3CCOCC3)n2)ccn1. The zero-order valence-electron chi connectivity index (χ0n) is 19.9. The summed E-state index contributed by atoms with van der Waals surface area (Å²) in [4.78, 5) is 35.4. The molecule has 6 rings (SSSR count). The fraction of sp³-hybridized carbons (Fsp3) is 0.400. The van der Waals surface area contributed by atoms with Crippen LogP contribution in [0.25, 0.3) is 11.3 Å². The van der Waals surface area contributed by atoms with Crippen molar-refractivity contribution in [3.05, 3.63) is 47.4 Å². The highest BCUT2D eigenvalue weighted by molar-refractivity contribution is 6.33. The van der Waals surface area contributed by atoms with Crippen molar-refractivity contribution < 1.29 is 14.3 Å². The summed E-state index contributed by atoms with van der Waals surface area (Å²) >= 11 is 6.67. The van der Waals surface area contributed by atoms with Gasteiger partial charge in [-0.15, -0.1) is 0 Å². The van der Waals surface area contributed by atoms with Crippen LogP contribution < -0.4 is 19.9 Å². The fourth-order valence-corrected chi connectivity index (χ4v) is 5.22. The van der Waals surface area contributed by atoms with Crippen LogP contribution in [0.2, 0.25) is 5.02 Å². The summed E-state index contributed by atoms with van der Waals surface area (Å²) < 4.78 is 11.3. The van der Waals surface area contributed by atoms with Crippen molar-refractivity contribution in [1.29, 1.82) is 0 Å². The van der Waals surface area contributed by atoms with E-state index in [0.29, 0.717) is 35.6 Å². The van der Waals surface area contributed by atoms with Gasteiger partial charge in [-0.1, -0.05) is 11.6 Å². The smallest absolute Gasteiger partial charge is 0.329 e. The molecule has 2 amide bonds. The summed E-state index contributed by atoms with van der Waals surface area (Å²) in [6, 6.07) is 7.30. The molecular formula is C25H26ClN7O3. The average Bonchev–Trinajstić information content (AvgIpc) is 3.30. The van der Waals surface area contributed by atoms with E-state index >= 15 is 0 Å². The first-order valence-corrected chi connectivity index (χ1v) is 12.5. The minimum atomic E-state index is -0.301. The molecule has 6 heterocycles. The van der Waals surface area contributed by atoms with E-state index in [1.807, 2.05) is 25.1 Å². The lowest BCUT2D eigenvalue weighted by molar-refractivity contribution is 0.0218. The number of urea groups is 1. The highest BCUT2D eigenvalue weighted by Gasteiger charge is 2.41. The van der Waals surface area contributed by atoms with Crippen LogP contribution in [0.15, 0.2) is 36.7 Å². The number of hydrogen-bond acceptors (Lipinski definition) is 8. The third kappa shape index (κ3) is 4.42. The normalized spacial score (nSPS) is 19.2. The standard InChI is InChI=1S/C25H26ClN7O3/c1-15-12-16(2-7-27-15)22-19(26)13-20-23(31-22)33(17-4-9-32(20)14-17)25(34)30-21-3-8-28-24(29-21)36-18-5-10-35-11-6-18/h2-3,7-8,12-13,17-18H,4-6,9-11,14H2,1H3,(H,28,29,30,34)/t17-/m0/s1. The summed E-state index contributed by atoms with van der Waals surface area (Å²) in [6.45, 7) is 4.80. The van der Waals surface area contributed by atoms with Gasteiger partial charge in [0.2, 0.25) is 0 Å². The monoisotopic (exact) mass is 507 g/mol. The van der Waals surface area contributed by atoms with Crippen molar-refractivity contribution >= 4 is 35.0 Å². The predicted molar refractivity (Wildman–Crippen MR) is 136 cm³/mol. The number of fused-ring (bicyclic) bond motifs is 4. The third-order valence-electron chi connectivity index (χ3n) is 6.73. The highest BCUT2D eigenvalue weighted by Crippen LogP contribution is 2.43. The van der Waals surface area contributed by atoms with Crippen molar-refractivity contribution in [2.45, 2.75) is 38.3 Å². The van der Waals surface area contributed by atoms with Gasteiger partial charge in [0.1, 0.15) is 11.9 Å². The van der Waals surface area contributed by atoms with E-state index in [1.165, 1.54) is 0 Å². The lowest BCUT2D eigenvalue weighted by atomic mass is 10.1. The second-order valence-corrected chi connectivity index (χ2v) is 9.60. The summed E-state index contributed by atoms with van der Waals surface area (Å²) in [7, 11) is 0. The Labute approximate surface area is 213 Å². The van der Waals surface area contributed by atoms with E-state index in [2.05, 4.69) is 25.2 Å². The van der Waals surface area contributed by atoms with Crippen molar-refractivity contribution in [2.75, 3.05) is 41.4 Å². The molecule has 2 bridgehead atoms. The Morgan fingerprint density at radius 3 is 2.81 bits per heavy atom. The number of aryl methyl sites for hydroxylation is 1.